The Morgan fingerprint density at radius 1 is 1.50 bits per heavy atom. The van der Waals surface area contributed by atoms with Crippen molar-refractivity contribution >= 4 is 27.9 Å². The summed E-state index contributed by atoms with van der Waals surface area (Å²) in [6, 6.07) is 4.64. The van der Waals surface area contributed by atoms with Crippen LogP contribution >= 0.6 is 22.9 Å². The van der Waals surface area contributed by atoms with Crippen LogP contribution in [0.3, 0.4) is 0 Å². The molecule has 4 nitrogen and oxygen atoms in total. The van der Waals surface area contributed by atoms with Crippen LogP contribution in [0.5, 0.6) is 11.6 Å². The smallest absolute Gasteiger partial charge is 0.243 e. The van der Waals surface area contributed by atoms with Crippen LogP contribution in [-0.2, 0) is 6.54 Å². The minimum Gasteiger partial charge on any atom is -0.434 e. The van der Waals surface area contributed by atoms with Gasteiger partial charge in [-0.05, 0) is 19.2 Å². The van der Waals surface area contributed by atoms with Crippen LogP contribution in [0.2, 0.25) is 5.02 Å². The number of thiazole rings is 1. The molecule has 0 saturated carbocycles. The van der Waals surface area contributed by atoms with E-state index in [1.165, 1.54) is 23.5 Å². The van der Waals surface area contributed by atoms with E-state index in [1.54, 1.807) is 6.07 Å². The van der Waals surface area contributed by atoms with Crippen LogP contribution < -0.4 is 10.1 Å². The van der Waals surface area contributed by atoms with Gasteiger partial charge in [-0.25, -0.2) is 4.39 Å². The molecule has 0 fully saturated rings. The van der Waals surface area contributed by atoms with Crippen LogP contribution in [0.1, 0.15) is 5.69 Å². The molecule has 3 rings (SSSR count). The second-order valence-electron chi connectivity index (χ2n) is 4.10. The van der Waals surface area contributed by atoms with Gasteiger partial charge in [-0.2, -0.15) is 4.98 Å². The number of benzene rings is 1. The molecule has 0 aliphatic rings. The molecule has 7 heteroatoms. The molecule has 0 aliphatic heterocycles. The van der Waals surface area contributed by atoms with E-state index in [2.05, 4.69) is 10.3 Å². The van der Waals surface area contributed by atoms with Gasteiger partial charge in [0.05, 0.1) is 5.02 Å². The van der Waals surface area contributed by atoms with E-state index in [-0.39, 0.29) is 10.8 Å². The van der Waals surface area contributed by atoms with E-state index in [4.69, 9.17) is 16.3 Å². The fourth-order valence-electron chi connectivity index (χ4n) is 1.89. The highest BCUT2D eigenvalue weighted by Gasteiger charge is 2.17. The normalized spacial score (nSPS) is 11.2. The van der Waals surface area contributed by atoms with E-state index in [0.717, 1.165) is 10.7 Å². The van der Waals surface area contributed by atoms with Gasteiger partial charge in [-0.3, -0.25) is 4.40 Å². The van der Waals surface area contributed by atoms with Crippen molar-refractivity contribution in [2.75, 3.05) is 7.05 Å². The molecule has 0 bridgehead atoms. The highest BCUT2D eigenvalue weighted by atomic mass is 35.5. The number of imidazole rings is 1. The molecule has 20 heavy (non-hydrogen) atoms. The van der Waals surface area contributed by atoms with Crippen LogP contribution in [0, 0.1) is 5.82 Å². The van der Waals surface area contributed by atoms with Crippen LogP contribution in [0.25, 0.3) is 4.96 Å². The predicted octanol–water partition coefficient (Wildman–Crippen LogP) is 3.70. The Kier molecular flexibility index (Phi) is 3.60. The lowest BCUT2D eigenvalue weighted by Gasteiger charge is -2.07. The van der Waals surface area contributed by atoms with Crippen molar-refractivity contribution < 1.29 is 9.13 Å². The Labute approximate surface area is 123 Å². The van der Waals surface area contributed by atoms with Gasteiger partial charge in [-0.15, -0.1) is 11.3 Å². The summed E-state index contributed by atoms with van der Waals surface area (Å²) in [7, 11) is 1.83. The van der Waals surface area contributed by atoms with Crippen molar-refractivity contribution in [1.29, 1.82) is 0 Å². The highest BCUT2D eigenvalue weighted by molar-refractivity contribution is 7.15. The summed E-state index contributed by atoms with van der Waals surface area (Å²) in [6.45, 7) is 0.565. The van der Waals surface area contributed by atoms with Crippen molar-refractivity contribution in [2.24, 2.45) is 0 Å². The van der Waals surface area contributed by atoms with Gasteiger partial charge < -0.3 is 10.1 Å². The summed E-state index contributed by atoms with van der Waals surface area (Å²) in [6.07, 6.45) is 1.90. The average molecular weight is 312 g/mol. The maximum absolute atomic E-state index is 13.9. The Morgan fingerprint density at radius 3 is 3.15 bits per heavy atom. The largest absolute Gasteiger partial charge is 0.434 e. The third kappa shape index (κ3) is 2.26. The van der Waals surface area contributed by atoms with E-state index < -0.39 is 5.82 Å². The zero-order valence-electron chi connectivity index (χ0n) is 10.6. The maximum Gasteiger partial charge on any atom is 0.243 e. The van der Waals surface area contributed by atoms with E-state index in [1.807, 2.05) is 23.0 Å². The van der Waals surface area contributed by atoms with Crippen LogP contribution in [-0.4, -0.2) is 16.4 Å². The number of halogens is 2. The number of hydrogen-bond acceptors (Lipinski definition) is 4. The SMILES string of the molecule is CNCc1c(Oc2cccc(Cl)c2F)nc2sccn12. The predicted molar refractivity (Wildman–Crippen MR) is 77.3 cm³/mol. The molecule has 0 unspecified atom stereocenters. The molecule has 0 aliphatic carbocycles. The lowest BCUT2D eigenvalue weighted by molar-refractivity contribution is 0.423. The monoisotopic (exact) mass is 311 g/mol. The molecule has 2 heterocycles. The number of fused-ring (bicyclic) bond motifs is 1. The lowest BCUT2D eigenvalue weighted by atomic mass is 10.3. The van der Waals surface area contributed by atoms with Gasteiger partial charge in [0.15, 0.2) is 16.5 Å². The number of aromatic nitrogens is 2. The molecule has 2 aromatic heterocycles. The Balaban J connectivity index is 2.03. The summed E-state index contributed by atoms with van der Waals surface area (Å²) in [5.74, 6) is -0.131. The third-order valence-electron chi connectivity index (χ3n) is 2.79. The first-order valence-electron chi connectivity index (χ1n) is 5.91. The molecule has 0 atom stereocenters. The first kappa shape index (κ1) is 13.4. The molecular formula is C13H11ClFN3OS. The fourth-order valence-corrected chi connectivity index (χ4v) is 2.78. The Morgan fingerprint density at radius 2 is 2.35 bits per heavy atom. The minimum atomic E-state index is -0.582. The first-order chi connectivity index (χ1) is 9.70. The second-order valence-corrected chi connectivity index (χ2v) is 5.38. The molecular weight excluding hydrogens is 301 g/mol. The van der Waals surface area contributed by atoms with Gasteiger partial charge >= 0.3 is 0 Å². The van der Waals surface area contributed by atoms with Gasteiger partial charge in [-0.1, -0.05) is 17.7 Å². The number of ether oxygens (including phenoxy) is 1. The summed E-state index contributed by atoms with van der Waals surface area (Å²) in [4.78, 5) is 5.17. The second kappa shape index (κ2) is 5.40. The van der Waals surface area contributed by atoms with E-state index in [9.17, 15) is 4.39 Å². The summed E-state index contributed by atoms with van der Waals surface area (Å²) < 4.78 is 21.4. The molecule has 0 radical (unpaired) electrons. The average Bonchev–Trinajstić information content (AvgIpc) is 2.99. The lowest BCUT2D eigenvalue weighted by Crippen LogP contribution is -2.08. The van der Waals surface area contributed by atoms with Gasteiger partial charge in [0.25, 0.3) is 0 Å². The fraction of sp³-hybridized carbons (Fsp3) is 0.154. The number of hydrogen-bond donors (Lipinski definition) is 1. The molecule has 104 valence electrons. The Bertz CT molecular complexity index is 755. The van der Waals surface area contributed by atoms with Gasteiger partial charge in [0.1, 0.15) is 5.69 Å². The number of nitrogens with one attached hydrogen (secondary N) is 1. The van der Waals surface area contributed by atoms with Crippen molar-refractivity contribution in [3.63, 3.8) is 0 Å². The molecule has 0 amide bonds. The number of nitrogens with zero attached hydrogens (tertiary/aromatic N) is 2. The zero-order valence-corrected chi connectivity index (χ0v) is 12.1. The van der Waals surface area contributed by atoms with Gasteiger partial charge in [0.2, 0.25) is 5.88 Å². The van der Waals surface area contributed by atoms with Crippen molar-refractivity contribution in [3.8, 4) is 11.6 Å². The molecule has 3 aromatic rings. The first-order valence-corrected chi connectivity index (χ1v) is 7.17. The number of rotatable bonds is 4. The Hall–Kier alpha value is -1.63. The van der Waals surface area contributed by atoms with Crippen LogP contribution in [0.15, 0.2) is 29.8 Å². The van der Waals surface area contributed by atoms with E-state index in [0.29, 0.717) is 12.4 Å². The molecule has 0 spiro atoms. The summed E-state index contributed by atoms with van der Waals surface area (Å²) in [5, 5.41) is 5.01. The molecule has 0 saturated heterocycles. The van der Waals surface area contributed by atoms with Crippen molar-refractivity contribution in [2.45, 2.75) is 6.54 Å². The van der Waals surface area contributed by atoms with Gasteiger partial charge in [0, 0.05) is 18.1 Å². The quantitative estimate of drug-likeness (QED) is 0.798. The van der Waals surface area contributed by atoms with Crippen molar-refractivity contribution in [3.05, 3.63) is 46.3 Å². The highest BCUT2D eigenvalue weighted by Crippen LogP contribution is 2.31. The summed E-state index contributed by atoms with van der Waals surface area (Å²) in [5.41, 5.74) is 0.836. The third-order valence-corrected chi connectivity index (χ3v) is 3.84. The zero-order chi connectivity index (χ0) is 14.1. The summed E-state index contributed by atoms with van der Waals surface area (Å²) >= 11 is 7.24. The maximum atomic E-state index is 13.9. The minimum absolute atomic E-state index is 0.0266. The van der Waals surface area contributed by atoms with E-state index >= 15 is 0 Å². The van der Waals surface area contributed by atoms with Crippen LogP contribution in [0.4, 0.5) is 4.39 Å². The topological polar surface area (TPSA) is 38.6 Å². The molecule has 1 aromatic carbocycles. The standard InChI is InChI=1S/C13H11ClFN3OS/c1-16-7-9-12(17-13-18(9)5-6-20-13)19-10-4-2-3-8(14)11(10)15/h2-6,16H,7H2,1H3. The molecule has 1 N–H and O–H groups in total. The van der Waals surface area contributed by atoms with Crippen molar-refractivity contribution in [1.82, 2.24) is 14.7 Å².